The lowest BCUT2D eigenvalue weighted by molar-refractivity contribution is -0.116. The third-order valence-electron chi connectivity index (χ3n) is 3.90. The summed E-state index contributed by atoms with van der Waals surface area (Å²) in [5.74, 6) is 0.699. The fraction of sp³-hybridized carbons (Fsp3) is 0.235. The molecular weight excluding hydrogens is 346 g/mol. The molecule has 0 fully saturated rings. The molecule has 0 radical (unpaired) electrons. The Morgan fingerprint density at radius 1 is 1.42 bits per heavy atom. The SMILES string of the molecule is C=CCSc1nc(=O)c2c(n1C)NC(=O)CC2c1ccc(Cl)cc1. The molecular formula is C17H16ClN3O2S. The van der Waals surface area contributed by atoms with E-state index in [1.165, 1.54) is 11.8 Å². The van der Waals surface area contributed by atoms with Gasteiger partial charge in [0.05, 0.1) is 5.56 Å². The minimum Gasteiger partial charge on any atom is -0.312 e. The van der Waals surface area contributed by atoms with Crippen LogP contribution in [0.4, 0.5) is 5.82 Å². The molecule has 124 valence electrons. The van der Waals surface area contributed by atoms with Gasteiger partial charge in [0.15, 0.2) is 5.16 Å². The minimum absolute atomic E-state index is 0.122. The third-order valence-corrected chi connectivity index (χ3v) is 5.18. The fourth-order valence-electron chi connectivity index (χ4n) is 2.78. The molecule has 1 unspecified atom stereocenters. The smallest absolute Gasteiger partial charge is 0.279 e. The van der Waals surface area contributed by atoms with Crippen LogP contribution in [0.5, 0.6) is 0 Å². The second-order valence-electron chi connectivity index (χ2n) is 5.48. The summed E-state index contributed by atoms with van der Waals surface area (Å²) in [6.07, 6.45) is 1.95. The third kappa shape index (κ3) is 3.12. The number of halogens is 1. The van der Waals surface area contributed by atoms with Crippen LogP contribution in [0.3, 0.4) is 0 Å². The number of thioether (sulfide) groups is 1. The van der Waals surface area contributed by atoms with Crippen LogP contribution >= 0.6 is 23.4 Å². The van der Waals surface area contributed by atoms with E-state index in [0.29, 0.717) is 27.3 Å². The predicted molar refractivity (Wildman–Crippen MR) is 96.9 cm³/mol. The first-order valence-corrected chi connectivity index (χ1v) is 8.77. The number of hydrogen-bond donors (Lipinski definition) is 1. The zero-order valence-electron chi connectivity index (χ0n) is 13.1. The Morgan fingerprint density at radius 3 is 2.79 bits per heavy atom. The Morgan fingerprint density at radius 2 is 2.12 bits per heavy atom. The Bertz CT molecular complexity index is 861. The highest BCUT2D eigenvalue weighted by molar-refractivity contribution is 7.99. The van der Waals surface area contributed by atoms with Crippen LogP contribution in [-0.2, 0) is 11.8 Å². The van der Waals surface area contributed by atoms with E-state index < -0.39 is 0 Å². The highest BCUT2D eigenvalue weighted by Crippen LogP contribution is 2.36. The zero-order chi connectivity index (χ0) is 17.3. The maximum absolute atomic E-state index is 12.6. The Labute approximate surface area is 148 Å². The second kappa shape index (κ2) is 6.83. The number of benzene rings is 1. The standard InChI is InChI=1S/C17H16ClN3O2S/c1-3-8-24-17-20-16(23)14-12(10-4-6-11(18)7-5-10)9-13(22)19-15(14)21(17)2/h3-7,12H,1,8-9H2,2H3,(H,19,22). The van der Waals surface area contributed by atoms with Crippen LogP contribution in [0.25, 0.3) is 0 Å². The molecule has 2 heterocycles. The van der Waals surface area contributed by atoms with Crippen LogP contribution < -0.4 is 10.9 Å². The van der Waals surface area contributed by atoms with Crippen molar-refractivity contribution in [2.24, 2.45) is 7.05 Å². The quantitative estimate of drug-likeness (QED) is 0.516. The molecule has 1 aliphatic heterocycles. The number of nitrogens with one attached hydrogen (secondary N) is 1. The van der Waals surface area contributed by atoms with Gasteiger partial charge < -0.3 is 9.88 Å². The van der Waals surface area contributed by atoms with Gasteiger partial charge in [-0.2, -0.15) is 4.98 Å². The zero-order valence-corrected chi connectivity index (χ0v) is 14.7. The summed E-state index contributed by atoms with van der Waals surface area (Å²) in [5, 5.41) is 3.98. The van der Waals surface area contributed by atoms with E-state index in [1.54, 1.807) is 29.8 Å². The van der Waals surface area contributed by atoms with Crippen LogP contribution in [0.15, 0.2) is 46.9 Å². The van der Waals surface area contributed by atoms with Crippen LogP contribution in [0.2, 0.25) is 5.02 Å². The summed E-state index contributed by atoms with van der Waals surface area (Å²) in [6.45, 7) is 3.67. The molecule has 2 aromatic rings. The average Bonchev–Trinajstić information content (AvgIpc) is 2.56. The summed E-state index contributed by atoms with van der Waals surface area (Å²) in [4.78, 5) is 29.0. The number of rotatable bonds is 4. The predicted octanol–water partition coefficient (Wildman–Crippen LogP) is 3.19. The van der Waals surface area contributed by atoms with Gasteiger partial charge in [0.25, 0.3) is 5.56 Å². The van der Waals surface area contributed by atoms with Gasteiger partial charge in [0, 0.05) is 30.2 Å². The number of fused-ring (bicyclic) bond motifs is 1. The van der Waals surface area contributed by atoms with Crippen molar-refractivity contribution in [3.63, 3.8) is 0 Å². The molecule has 0 saturated carbocycles. The number of aromatic nitrogens is 2. The molecule has 3 rings (SSSR count). The Hall–Kier alpha value is -2.05. The molecule has 5 nitrogen and oxygen atoms in total. The summed E-state index contributed by atoms with van der Waals surface area (Å²) in [5.41, 5.74) is 1.08. The number of hydrogen-bond acceptors (Lipinski definition) is 4. The van der Waals surface area contributed by atoms with E-state index >= 15 is 0 Å². The van der Waals surface area contributed by atoms with Crippen molar-refractivity contribution >= 4 is 35.1 Å². The van der Waals surface area contributed by atoms with Gasteiger partial charge in [0.1, 0.15) is 5.82 Å². The van der Waals surface area contributed by atoms with Crippen molar-refractivity contribution in [1.82, 2.24) is 9.55 Å². The first kappa shape index (κ1) is 16.8. The van der Waals surface area contributed by atoms with Gasteiger partial charge in [-0.15, -0.1) is 6.58 Å². The lowest BCUT2D eigenvalue weighted by atomic mass is 9.87. The van der Waals surface area contributed by atoms with Crippen molar-refractivity contribution < 1.29 is 4.79 Å². The number of anilines is 1. The van der Waals surface area contributed by atoms with E-state index in [0.717, 1.165) is 5.56 Å². The van der Waals surface area contributed by atoms with Crippen molar-refractivity contribution in [3.8, 4) is 0 Å². The van der Waals surface area contributed by atoms with Crippen LogP contribution in [-0.4, -0.2) is 21.2 Å². The number of nitrogens with zero attached hydrogens (tertiary/aromatic N) is 2. The van der Waals surface area contributed by atoms with E-state index in [2.05, 4.69) is 16.9 Å². The highest BCUT2D eigenvalue weighted by atomic mass is 35.5. The molecule has 0 bridgehead atoms. The van der Waals surface area contributed by atoms with Gasteiger partial charge in [-0.25, -0.2) is 0 Å². The van der Waals surface area contributed by atoms with Gasteiger partial charge >= 0.3 is 0 Å². The highest BCUT2D eigenvalue weighted by Gasteiger charge is 2.31. The lowest BCUT2D eigenvalue weighted by Gasteiger charge is -2.27. The molecule has 1 N–H and O–H groups in total. The molecule has 7 heteroatoms. The number of carbonyl (C=O) groups excluding carboxylic acids is 1. The van der Waals surface area contributed by atoms with E-state index in [-0.39, 0.29) is 23.8 Å². The Balaban J connectivity index is 2.14. The van der Waals surface area contributed by atoms with Crippen LogP contribution in [0.1, 0.15) is 23.5 Å². The normalized spacial score (nSPS) is 16.4. The number of carbonyl (C=O) groups is 1. The molecule has 1 aromatic heterocycles. The topological polar surface area (TPSA) is 64.0 Å². The van der Waals surface area contributed by atoms with E-state index in [1.807, 2.05) is 12.1 Å². The van der Waals surface area contributed by atoms with Gasteiger partial charge in [-0.1, -0.05) is 41.6 Å². The molecule has 0 saturated heterocycles. The number of amides is 1. The van der Waals surface area contributed by atoms with Crippen molar-refractivity contribution in [2.45, 2.75) is 17.5 Å². The molecule has 0 aliphatic carbocycles. The summed E-state index contributed by atoms with van der Waals surface area (Å²) in [7, 11) is 1.79. The van der Waals surface area contributed by atoms with E-state index in [4.69, 9.17) is 11.6 Å². The largest absolute Gasteiger partial charge is 0.312 e. The monoisotopic (exact) mass is 361 g/mol. The molecule has 0 spiro atoms. The lowest BCUT2D eigenvalue weighted by Crippen LogP contribution is -2.33. The summed E-state index contributed by atoms with van der Waals surface area (Å²) < 4.78 is 1.75. The van der Waals surface area contributed by atoms with Gasteiger partial charge in [-0.05, 0) is 17.7 Å². The molecule has 1 aliphatic rings. The first-order valence-electron chi connectivity index (χ1n) is 7.41. The molecule has 1 atom stereocenters. The van der Waals surface area contributed by atoms with Crippen LogP contribution in [0, 0.1) is 0 Å². The maximum Gasteiger partial charge on any atom is 0.279 e. The molecule has 1 amide bonds. The van der Waals surface area contributed by atoms with E-state index in [9.17, 15) is 9.59 Å². The fourth-order valence-corrected chi connectivity index (χ4v) is 3.60. The van der Waals surface area contributed by atoms with Crippen molar-refractivity contribution in [2.75, 3.05) is 11.1 Å². The second-order valence-corrected chi connectivity index (χ2v) is 6.90. The summed E-state index contributed by atoms with van der Waals surface area (Å²) >= 11 is 7.34. The maximum atomic E-state index is 12.6. The average molecular weight is 362 g/mol. The van der Waals surface area contributed by atoms with Gasteiger partial charge in [-0.3, -0.25) is 9.59 Å². The minimum atomic E-state index is -0.323. The van der Waals surface area contributed by atoms with Crippen molar-refractivity contribution in [3.05, 3.63) is 63.4 Å². The molecule has 1 aromatic carbocycles. The van der Waals surface area contributed by atoms with Gasteiger partial charge in [0.2, 0.25) is 5.91 Å². The van der Waals surface area contributed by atoms with Crippen molar-refractivity contribution in [1.29, 1.82) is 0 Å². The Kier molecular flexibility index (Phi) is 4.78. The molecule has 24 heavy (non-hydrogen) atoms. The summed E-state index contributed by atoms with van der Waals surface area (Å²) in [6, 6.07) is 7.20. The first-order chi connectivity index (χ1) is 11.5.